The SMILES string of the molecule is CC(C)(C)c1cc(=O)n2c(n1)SCC2CC(=O)Nc1cccc(Cl)c1. The van der Waals surface area contributed by atoms with E-state index in [9.17, 15) is 9.59 Å². The molecule has 25 heavy (non-hydrogen) atoms. The van der Waals surface area contributed by atoms with E-state index < -0.39 is 0 Å². The van der Waals surface area contributed by atoms with Gasteiger partial charge in [0.15, 0.2) is 5.16 Å². The molecule has 1 N–H and O–H groups in total. The molecule has 5 nitrogen and oxygen atoms in total. The number of nitrogens with one attached hydrogen (secondary N) is 1. The van der Waals surface area contributed by atoms with Gasteiger partial charge in [0.1, 0.15) is 0 Å². The van der Waals surface area contributed by atoms with E-state index in [2.05, 4.69) is 10.3 Å². The second-order valence-electron chi connectivity index (χ2n) is 7.11. The molecule has 1 amide bonds. The van der Waals surface area contributed by atoms with Gasteiger partial charge in [-0.15, -0.1) is 0 Å². The van der Waals surface area contributed by atoms with Crippen LogP contribution in [0.1, 0.15) is 38.9 Å². The molecule has 0 fully saturated rings. The Hall–Kier alpha value is -1.79. The van der Waals surface area contributed by atoms with E-state index in [1.807, 2.05) is 20.8 Å². The van der Waals surface area contributed by atoms with Crippen molar-refractivity contribution < 1.29 is 4.79 Å². The standard InChI is InChI=1S/C18H20ClN3O2S/c1-18(2,3)14-9-16(24)22-13(10-25-17(22)21-14)8-15(23)20-12-6-4-5-11(19)7-12/h4-7,9,13H,8,10H2,1-3H3,(H,20,23). The van der Waals surface area contributed by atoms with Crippen LogP contribution in [0.2, 0.25) is 5.02 Å². The lowest BCUT2D eigenvalue weighted by atomic mass is 9.92. The number of benzene rings is 1. The number of aromatic nitrogens is 2. The molecule has 0 spiro atoms. The van der Waals surface area contributed by atoms with Crippen LogP contribution in [-0.2, 0) is 10.2 Å². The summed E-state index contributed by atoms with van der Waals surface area (Å²) in [5.74, 6) is 0.520. The zero-order chi connectivity index (χ0) is 18.2. The third-order valence-corrected chi connectivity index (χ3v) is 5.32. The van der Waals surface area contributed by atoms with Crippen LogP contribution in [0.15, 0.2) is 40.3 Å². The van der Waals surface area contributed by atoms with Crippen molar-refractivity contribution in [2.45, 2.75) is 43.8 Å². The molecule has 3 rings (SSSR count). The predicted molar refractivity (Wildman–Crippen MR) is 102 cm³/mol. The first kappa shape index (κ1) is 18.0. The summed E-state index contributed by atoms with van der Waals surface area (Å²) in [5, 5.41) is 4.08. The first-order valence-electron chi connectivity index (χ1n) is 8.06. The molecule has 0 radical (unpaired) electrons. The second-order valence-corrected chi connectivity index (χ2v) is 8.53. The Morgan fingerprint density at radius 1 is 1.40 bits per heavy atom. The van der Waals surface area contributed by atoms with Crippen LogP contribution in [0, 0.1) is 0 Å². The fraction of sp³-hybridized carbons (Fsp3) is 0.389. The maximum atomic E-state index is 12.5. The smallest absolute Gasteiger partial charge is 0.254 e. The molecule has 0 bridgehead atoms. The van der Waals surface area contributed by atoms with E-state index in [4.69, 9.17) is 11.6 Å². The summed E-state index contributed by atoms with van der Waals surface area (Å²) in [5.41, 5.74) is 1.15. The van der Waals surface area contributed by atoms with Crippen LogP contribution in [0.5, 0.6) is 0 Å². The highest BCUT2D eigenvalue weighted by atomic mass is 35.5. The van der Waals surface area contributed by atoms with Gasteiger partial charge >= 0.3 is 0 Å². The van der Waals surface area contributed by atoms with Gasteiger partial charge < -0.3 is 5.32 Å². The number of hydrogen-bond acceptors (Lipinski definition) is 4. The van der Waals surface area contributed by atoms with E-state index >= 15 is 0 Å². The molecule has 1 aromatic heterocycles. The van der Waals surface area contributed by atoms with Crippen molar-refractivity contribution in [1.29, 1.82) is 0 Å². The third kappa shape index (κ3) is 4.07. The lowest BCUT2D eigenvalue weighted by molar-refractivity contribution is -0.116. The largest absolute Gasteiger partial charge is 0.326 e. The van der Waals surface area contributed by atoms with Crippen LogP contribution >= 0.6 is 23.4 Å². The minimum atomic E-state index is -0.187. The molecule has 2 aromatic rings. The van der Waals surface area contributed by atoms with Crippen molar-refractivity contribution in [1.82, 2.24) is 9.55 Å². The first-order valence-corrected chi connectivity index (χ1v) is 9.42. The number of amides is 1. The Bertz CT molecular complexity index is 873. The van der Waals surface area contributed by atoms with Crippen molar-refractivity contribution >= 4 is 35.0 Å². The minimum Gasteiger partial charge on any atom is -0.326 e. The summed E-state index contributed by atoms with van der Waals surface area (Å²) in [6.07, 6.45) is 0.225. The average Bonchev–Trinajstić information content (AvgIpc) is 2.89. The summed E-state index contributed by atoms with van der Waals surface area (Å²) >= 11 is 7.45. The Balaban J connectivity index is 1.77. The Labute approximate surface area is 155 Å². The molecule has 1 unspecified atom stereocenters. The molecule has 132 valence electrons. The number of nitrogens with zero attached hydrogens (tertiary/aromatic N) is 2. The van der Waals surface area contributed by atoms with Crippen LogP contribution < -0.4 is 10.9 Å². The quantitative estimate of drug-likeness (QED) is 0.824. The number of fused-ring (bicyclic) bond motifs is 1. The first-order chi connectivity index (χ1) is 11.7. The summed E-state index contributed by atoms with van der Waals surface area (Å²) in [6, 6.07) is 8.40. The van der Waals surface area contributed by atoms with Gasteiger partial charge in [-0.2, -0.15) is 0 Å². The van der Waals surface area contributed by atoms with Gasteiger partial charge in [-0.1, -0.05) is 50.2 Å². The van der Waals surface area contributed by atoms with Crippen LogP contribution in [0.3, 0.4) is 0 Å². The molecule has 1 aliphatic rings. The maximum absolute atomic E-state index is 12.5. The van der Waals surface area contributed by atoms with E-state index in [1.165, 1.54) is 11.8 Å². The summed E-state index contributed by atoms with van der Waals surface area (Å²) in [4.78, 5) is 29.5. The second kappa shape index (κ2) is 6.84. The molecule has 0 aliphatic carbocycles. The van der Waals surface area contributed by atoms with Crippen molar-refractivity contribution in [2.24, 2.45) is 0 Å². The van der Waals surface area contributed by atoms with E-state index in [0.29, 0.717) is 21.6 Å². The molecule has 1 aliphatic heterocycles. The minimum absolute atomic E-state index is 0.0968. The fourth-order valence-electron chi connectivity index (χ4n) is 2.68. The highest BCUT2D eigenvalue weighted by Gasteiger charge is 2.29. The summed E-state index contributed by atoms with van der Waals surface area (Å²) in [6.45, 7) is 6.09. The number of rotatable bonds is 3. The molecule has 0 saturated carbocycles. The van der Waals surface area contributed by atoms with Crippen molar-refractivity contribution in [3.8, 4) is 0 Å². The number of carbonyl (C=O) groups excluding carboxylic acids is 1. The molecule has 0 saturated heterocycles. The third-order valence-electron chi connectivity index (χ3n) is 3.99. The van der Waals surface area contributed by atoms with E-state index in [0.717, 1.165) is 5.69 Å². The van der Waals surface area contributed by atoms with Gasteiger partial charge in [-0.05, 0) is 18.2 Å². The Morgan fingerprint density at radius 3 is 2.84 bits per heavy atom. The van der Waals surface area contributed by atoms with E-state index in [1.54, 1.807) is 34.9 Å². The highest BCUT2D eigenvalue weighted by Crippen LogP contribution is 2.33. The van der Waals surface area contributed by atoms with Gasteiger partial charge in [-0.25, -0.2) is 4.98 Å². The van der Waals surface area contributed by atoms with E-state index in [-0.39, 0.29) is 29.3 Å². The molecule has 1 aromatic carbocycles. The molecule has 7 heteroatoms. The van der Waals surface area contributed by atoms with Crippen molar-refractivity contribution in [2.75, 3.05) is 11.1 Å². The van der Waals surface area contributed by atoms with Crippen molar-refractivity contribution in [3.63, 3.8) is 0 Å². The number of halogens is 1. The van der Waals surface area contributed by atoms with Gasteiger partial charge in [0.05, 0.1) is 11.7 Å². The predicted octanol–water partition coefficient (Wildman–Crippen LogP) is 3.87. The number of thioether (sulfide) groups is 1. The highest BCUT2D eigenvalue weighted by molar-refractivity contribution is 7.99. The summed E-state index contributed by atoms with van der Waals surface area (Å²) < 4.78 is 1.64. The van der Waals surface area contributed by atoms with Crippen LogP contribution in [0.4, 0.5) is 5.69 Å². The van der Waals surface area contributed by atoms with Crippen LogP contribution in [-0.4, -0.2) is 21.2 Å². The van der Waals surface area contributed by atoms with Gasteiger partial charge in [0.25, 0.3) is 5.56 Å². The topological polar surface area (TPSA) is 64.0 Å². The summed E-state index contributed by atoms with van der Waals surface area (Å²) in [7, 11) is 0. The normalized spacial score (nSPS) is 16.6. The zero-order valence-corrected chi connectivity index (χ0v) is 15.9. The molecule has 2 heterocycles. The molecular formula is C18H20ClN3O2S. The number of hydrogen-bond donors (Lipinski definition) is 1. The lowest BCUT2D eigenvalue weighted by Crippen LogP contribution is -2.29. The monoisotopic (exact) mass is 377 g/mol. The van der Waals surface area contributed by atoms with Gasteiger partial charge in [0, 0.05) is 34.4 Å². The number of carbonyl (C=O) groups is 1. The Kier molecular flexibility index (Phi) is 4.93. The lowest BCUT2D eigenvalue weighted by Gasteiger charge is -2.19. The Morgan fingerprint density at radius 2 is 2.16 bits per heavy atom. The average molecular weight is 378 g/mol. The zero-order valence-electron chi connectivity index (χ0n) is 14.4. The molecular weight excluding hydrogens is 358 g/mol. The van der Waals surface area contributed by atoms with Gasteiger partial charge in [-0.3, -0.25) is 14.2 Å². The molecule has 1 atom stereocenters. The van der Waals surface area contributed by atoms with Crippen LogP contribution in [0.25, 0.3) is 0 Å². The number of anilines is 1. The maximum Gasteiger partial charge on any atom is 0.254 e. The van der Waals surface area contributed by atoms with Gasteiger partial charge in [0.2, 0.25) is 5.91 Å². The van der Waals surface area contributed by atoms with Crippen molar-refractivity contribution in [3.05, 3.63) is 51.4 Å². The fourth-order valence-corrected chi connectivity index (χ4v) is 4.02.